The fourth-order valence-corrected chi connectivity index (χ4v) is 1.83. The van der Waals surface area contributed by atoms with Crippen LogP contribution in [0.1, 0.15) is 0 Å². The number of nitrogens with two attached hydrogens (primary N) is 1. The summed E-state index contributed by atoms with van der Waals surface area (Å²) in [4.78, 5) is 36.6. The third-order valence-corrected chi connectivity index (χ3v) is 2.68. The molecule has 1 fully saturated rings. The van der Waals surface area contributed by atoms with Gasteiger partial charge in [0, 0.05) is 12.4 Å². The number of rotatable bonds is 3. The van der Waals surface area contributed by atoms with Crippen molar-refractivity contribution in [1.29, 1.82) is 0 Å². The van der Waals surface area contributed by atoms with Gasteiger partial charge in [-0.3, -0.25) is 20.3 Å². The Hall–Kier alpha value is -3.08. The van der Waals surface area contributed by atoms with E-state index >= 15 is 0 Å². The summed E-state index contributed by atoms with van der Waals surface area (Å²) in [6.45, 7) is -0.0589. The Morgan fingerprint density at radius 2 is 1.86 bits per heavy atom. The summed E-state index contributed by atoms with van der Waals surface area (Å²) < 4.78 is 1.41. The van der Waals surface area contributed by atoms with Gasteiger partial charge in [0.15, 0.2) is 0 Å². The molecule has 2 aromatic heterocycles. The lowest BCUT2D eigenvalue weighted by molar-refractivity contribution is -0.130. The lowest BCUT2D eigenvalue weighted by Crippen LogP contribution is -2.52. The number of hydrogen-bond donors (Lipinski definition) is 3. The van der Waals surface area contributed by atoms with E-state index in [9.17, 15) is 9.59 Å². The molecule has 2 aromatic rings. The van der Waals surface area contributed by atoms with Crippen LogP contribution in [0.15, 0.2) is 18.5 Å². The number of anilines is 2. The van der Waals surface area contributed by atoms with Crippen molar-refractivity contribution in [2.24, 2.45) is 5.84 Å². The van der Waals surface area contributed by atoms with Crippen molar-refractivity contribution in [2.75, 3.05) is 23.4 Å². The predicted octanol–water partition coefficient (Wildman–Crippen LogP) is -2.19. The Morgan fingerprint density at radius 1 is 1.14 bits per heavy atom. The molecule has 1 aliphatic rings. The van der Waals surface area contributed by atoms with Gasteiger partial charge in [-0.25, -0.2) is 10.5 Å². The summed E-state index contributed by atoms with van der Waals surface area (Å²) in [6, 6.07) is 1.71. The molecule has 0 radical (unpaired) electrons. The topological polar surface area (TPSA) is 144 Å². The average Bonchev–Trinajstić information content (AvgIpc) is 3.00. The number of imide groups is 1. The maximum absolute atomic E-state index is 11.4. The summed E-state index contributed by atoms with van der Waals surface area (Å²) in [6.07, 6.45) is 3.21. The van der Waals surface area contributed by atoms with Crippen LogP contribution in [0.2, 0.25) is 0 Å². The van der Waals surface area contributed by atoms with Gasteiger partial charge in [-0.2, -0.15) is 20.1 Å². The molecule has 0 unspecified atom stereocenters. The minimum atomic E-state index is -0.422. The molecule has 0 atom stereocenters. The van der Waals surface area contributed by atoms with Crippen molar-refractivity contribution in [2.45, 2.75) is 0 Å². The van der Waals surface area contributed by atoms with Crippen molar-refractivity contribution in [3.63, 3.8) is 0 Å². The van der Waals surface area contributed by atoms with E-state index in [0.717, 1.165) is 0 Å². The van der Waals surface area contributed by atoms with E-state index in [-0.39, 0.29) is 30.9 Å². The van der Waals surface area contributed by atoms with E-state index in [2.05, 4.69) is 30.8 Å². The molecule has 3 heterocycles. The fraction of sp³-hybridized carbons (Fsp3) is 0.200. The van der Waals surface area contributed by atoms with Crippen molar-refractivity contribution in [3.8, 4) is 5.95 Å². The third kappa shape index (κ3) is 2.62. The van der Waals surface area contributed by atoms with E-state index in [4.69, 9.17) is 5.84 Å². The molecule has 21 heavy (non-hydrogen) atoms. The number of amides is 2. The van der Waals surface area contributed by atoms with Crippen molar-refractivity contribution < 1.29 is 9.59 Å². The summed E-state index contributed by atoms with van der Waals surface area (Å²) >= 11 is 0. The number of hydrazine groups is 1. The first kappa shape index (κ1) is 12.9. The quantitative estimate of drug-likeness (QED) is 0.326. The Kier molecular flexibility index (Phi) is 3.16. The molecule has 1 aliphatic heterocycles. The van der Waals surface area contributed by atoms with Crippen LogP contribution in [0.3, 0.4) is 0 Å². The highest BCUT2D eigenvalue weighted by Crippen LogP contribution is 2.13. The number of nitrogen functional groups attached to an aromatic ring is 1. The Bertz CT molecular complexity index is 668. The van der Waals surface area contributed by atoms with Crippen LogP contribution in [0, 0.1) is 0 Å². The number of carbonyl (C=O) groups excluding carboxylic acids is 2. The van der Waals surface area contributed by atoms with Crippen LogP contribution in [-0.4, -0.2) is 49.6 Å². The molecule has 0 saturated carbocycles. The van der Waals surface area contributed by atoms with Gasteiger partial charge in [0.05, 0.1) is 0 Å². The minimum Gasteiger partial charge on any atom is -0.322 e. The molecule has 0 aliphatic carbocycles. The van der Waals surface area contributed by atoms with E-state index in [1.54, 1.807) is 18.5 Å². The van der Waals surface area contributed by atoms with Gasteiger partial charge in [0.1, 0.15) is 13.1 Å². The molecule has 0 bridgehead atoms. The molecule has 3 rings (SSSR count). The molecular formula is C10H11N9O2. The van der Waals surface area contributed by atoms with Gasteiger partial charge >= 0.3 is 0 Å². The first-order valence-electron chi connectivity index (χ1n) is 5.96. The number of hydrogen-bond acceptors (Lipinski definition) is 9. The van der Waals surface area contributed by atoms with Crippen molar-refractivity contribution in [3.05, 3.63) is 18.5 Å². The molecule has 2 amide bonds. The molecule has 4 N–H and O–H groups in total. The van der Waals surface area contributed by atoms with E-state index in [0.29, 0.717) is 0 Å². The Labute approximate surface area is 118 Å². The van der Waals surface area contributed by atoms with Crippen LogP contribution in [0.25, 0.3) is 5.95 Å². The number of carbonyl (C=O) groups is 2. The highest BCUT2D eigenvalue weighted by Gasteiger charge is 2.25. The number of nitrogens with one attached hydrogen (secondary N) is 2. The standard InChI is InChI=1S/C10H11N9O2/c11-17-8-14-9(18-4-6(20)13-7(21)5-18)16-10(15-8)19-3-1-2-12-19/h1-3H,4-5,11H2,(H,13,20,21)(H,14,15,16,17). The van der Waals surface area contributed by atoms with Gasteiger partial charge < -0.3 is 4.90 Å². The van der Waals surface area contributed by atoms with Crippen LogP contribution < -0.4 is 21.5 Å². The van der Waals surface area contributed by atoms with Crippen LogP contribution >= 0.6 is 0 Å². The largest absolute Gasteiger partial charge is 0.322 e. The summed E-state index contributed by atoms with van der Waals surface area (Å²) in [5, 5.41) is 6.21. The van der Waals surface area contributed by atoms with Crippen LogP contribution in [-0.2, 0) is 9.59 Å². The van der Waals surface area contributed by atoms with Crippen molar-refractivity contribution in [1.82, 2.24) is 30.0 Å². The summed E-state index contributed by atoms with van der Waals surface area (Å²) in [5.74, 6) is 4.96. The maximum Gasteiger partial charge on any atom is 0.257 e. The monoisotopic (exact) mass is 289 g/mol. The van der Waals surface area contributed by atoms with Gasteiger partial charge in [0.25, 0.3) is 5.95 Å². The average molecular weight is 289 g/mol. The third-order valence-electron chi connectivity index (χ3n) is 2.68. The lowest BCUT2D eigenvalue weighted by Gasteiger charge is -2.25. The number of nitrogens with zero attached hydrogens (tertiary/aromatic N) is 6. The molecular weight excluding hydrogens is 278 g/mol. The smallest absolute Gasteiger partial charge is 0.257 e. The zero-order valence-corrected chi connectivity index (χ0v) is 10.7. The zero-order valence-electron chi connectivity index (χ0n) is 10.7. The second-order valence-corrected chi connectivity index (χ2v) is 4.18. The van der Waals surface area contributed by atoms with Gasteiger partial charge in [-0.1, -0.05) is 0 Å². The Morgan fingerprint density at radius 3 is 2.48 bits per heavy atom. The highest BCUT2D eigenvalue weighted by atomic mass is 16.2. The first-order valence-corrected chi connectivity index (χ1v) is 5.96. The highest BCUT2D eigenvalue weighted by molar-refractivity contribution is 6.02. The second-order valence-electron chi connectivity index (χ2n) is 4.18. The SMILES string of the molecule is NNc1nc(N2CC(=O)NC(=O)C2)nc(-n2cccn2)n1. The van der Waals surface area contributed by atoms with Gasteiger partial charge in [0.2, 0.25) is 23.7 Å². The molecule has 1 saturated heterocycles. The number of aromatic nitrogens is 5. The molecule has 11 heteroatoms. The minimum absolute atomic E-state index is 0.0295. The number of piperazine rings is 1. The van der Waals surface area contributed by atoms with Crippen LogP contribution in [0.4, 0.5) is 11.9 Å². The summed E-state index contributed by atoms with van der Waals surface area (Å²) in [7, 11) is 0. The summed E-state index contributed by atoms with van der Waals surface area (Å²) in [5.41, 5.74) is 2.32. The predicted molar refractivity (Wildman–Crippen MR) is 70.1 cm³/mol. The van der Waals surface area contributed by atoms with Gasteiger partial charge in [-0.05, 0) is 6.07 Å². The normalized spacial score (nSPS) is 15.0. The van der Waals surface area contributed by atoms with Crippen LogP contribution in [0.5, 0.6) is 0 Å². The Balaban J connectivity index is 2.00. The fourth-order valence-electron chi connectivity index (χ4n) is 1.83. The zero-order chi connectivity index (χ0) is 14.8. The molecule has 11 nitrogen and oxygen atoms in total. The first-order chi connectivity index (χ1) is 10.2. The molecule has 0 spiro atoms. The van der Waals surface area contributed by atoms with Gasteiger partial charge in [-0.15, -0.1) is 0 Å². The van der Waals surface area contributed by atoms with E-state index in [1.165, 1.54) is 9.58 Å². The lowest BCUT2D eigenvalue weighted by atomic mass is 10.3. The molecule has 108 valence electrons. The van der Waals surface area contributed by atoms with E-state index < -0.39 is 11.8 Å². The van der Waals surface area contributed by atoms with E-state index in [1.807, 2.05) is 0 Å². The molecule has 0 aromatic carbocycles. The second kappa shape index (κ2) is 5.13. The maximum atomic E-state index is 11.4. The van der Waals surface area contributed by atoms with Crippen molar-refractivity contribution >= 4 is 23.7 Å².